The molecule has 0 heterocycles. The summed E-state index contributed by atoms with van der Waals surface area (Å²) in [7, 11) is 0. The van der Waals surface area contributed by atoms with E-state index < -0.39 is 10.8 Å². The van der Waals surface area contributed by atoms with E-state index in [0.717, 1.165) is 19.3 Å². The third-order valence-corrected chi connectivity index (χ3v) is 4.04. The maximum absolute atomic E-state index is 12.3. The van der Waals surface area contributed by atoms with Crippen molar-refractivity contribution in [2.75, 3.05) is 0 Å². The standard InChI is InChI=1S/C14H19ClN2O3/c1-4-14(5-2,6-3)16-13(18)11-9-10(15)7-8-12(11)17(19)20/h7-9H,4-6H2,1-3H3,(H,16,18). The van der Waals surface area contributed by atoms with Crippen LogP contribution in [-0.4, -0.2) is 16.4 Å². The number of carbonyl (C=O) groups is 1. The minimum absolute atomic E-state index is 0.00206. The second-order valence-corrected chi connectivity index (χ2v) is 5.15. The molecule has 1 rings (SSSR count). The summed E-state index contributed by atoms with van der Waals surface area (Å²) in [5, 5.41) is 14.2. The molecule has 0 saturated heterocycles. The van der Waals surface area contributed by atoms with Crippen LogP contribution in [0.1, 0.15) is 50.4 Å². The van der Waals surface area contributed by atoms with Gasteiger partial charge in [0.1, 0.15) is 5.56 Å². The van der Waals surface area contributed by atoms with Gasteiger partial charge in [0.25, 0.3) is 11.6 Å². The first-order chi connectivity index (χ1) is 9.39. The Balaban J connectivity index is 3.15. The van der Waals surface area contributed by atoms with Crippen LogP contribution in [-0.2, 0) is 0 Å². The minimum Gasteiger partial charge on any atom is -0.346 e. The molecule has 0 aliphatic rings. The zero-order chi connectivity index (χ0) is 15.3. The molecule has 20 heavy (non-hydrogen) atoms. The molecule has 0 unspecified atom stereocenters. The summed E-state index contributed by atoms with van der Waals surface area (Å²) in [6.07, 6.45) is 2.29. The van der Waals surface area contributed by atoms with Crippen molar-refractivity contribution in [1.29, 1.82) is 0 Å². The molecule has 0 bridgehead atoms. The average molecular weight is 299 g/mol. The van der Waals surface area contributed by atoms with Crippen molar-refractivity contribution < 1.29 is 9.72 Å². The number of halogens is 1. The van der Waals surface area contributed by atoms with Gasteiger partial charge in [0.05, 0.1) is 4.92 Å². The Bertz CT molecular complexity index is 505. The average Bonchev–Trinajstić information content (AvgIpc) is 2.44. The van der Waals surface area contributed by atoms with Gasteiger partial charge in [-0.15, -0.1) is 0 Å². The molecule has 0 spiro atoms. The van der Waals surface area contributed by atoms with Gasteiger partial charge in [-0.1, -0.05) is 32.4 Å². The van der Waals surface area contributed by atoms with Crippen LogP contribution in [0.25, 0.3) is 0 Å². The van der Waals surface area contributed by atoms with Crippen LogP contribution >= 0.6 is 11.6 Å². The molecule has 0 aromatic heterocycles. The number of nitro groups is 1. The number of nitro benzene ring substituents is 1. The number of rotatable bonds is 6. The van der Waals surface area contributed by atoms with Gasteiger partial charge in [0.2, 0.25) is 0 Å². The van der Waals surface area contributed by atoms with Crippen molar-refractivity contribution in [2.45, 2.75) is 45.6 Å². The highest BCUT2D eigenvalue weighted by molar-refractivity contribution is 6.31. The van der Waals surface area contributed by atoms with Gasteiger partial charge < -0.3 is 5.32 Å². The van der Waals surface area contributed by atoms with E-state index >= 15 is 0 Å². The zero-order valence-electron chi connectivity index (χ0n) is 11.9. The first kappa shape index (κ1) is 16.4. The van der Waals surface area contributed by atoms with Crippen molar-refractivity contribution in [1.82, 2.24) is 5.32 Å². The summed E-state index contributed by atoms with van der Waals surface area (Å²) < 4.78 is 0. The Hall–Kier alpha value is -1.62. The molecule has 0 aliphatic carbocycles. The lowest BCUT2D eigenvalue weighted by Gasteiger charge is -2.31. The molecule has 110 valence electrons. The quantitative estimate of drug-likeness (QED) is 0.638. The summed E-state index contributed by atoms with van der Waals surface area (Å²) in [5.74, 6) is -0.454. The summed E-state index contributed by atoms with van der Waals surface area (Å²) in [4.78, 5) is 22.8. The lowest BCUT2D eigenvalue weighted by atomic mass is 9.89. The molecule has 1 aromatic carbocycles. The van der Waals surface area contributed by atoms with E-state index in [9.17, 15) is 14.9 Å². The number of nitrogens with one attached hydrogen (secondary N) is 1. The van der Waals surface area contributed by atoms with Crippen molar-refractivity contribution in [3.05, 3.63) is 38.9 Å². The van der Waals surface area contributed by atoms with Crippen LogP contribution in [0.15, 0.2) is 18.2 Å². The molecule has 0 atom stereocenters. The fraction of sp³-hybridized carbons (Fsp3) is 0.500. The molecular formula is C14H19ClN2O3. The molecule has 0 radical (unpaired) electrons. The number of hydrogen-bond donors (Lipinski definition) is 1. The van der Waals surface area contributed by atoms with Crippen LogP contribution < -0.4 is 5.32 Å². The lowest BCUT2D eigenvalue weighted by molar-refractivity contribution is -0.385. The van der Waals surface area contributed by atoms with Gasteiger partial charge in [-0.25, -0.2) is 0 Å². The van der Waals surface area contributed by atoms with Crippen molar-refractivity contribution in [2.24, 2.45) is 0 Å². The Morgan fingerprint density at radius 3 is 2.30 bits per heavy atom. The highest BCUT2D eigenvalue weighted by atomic mass is 35.5. The fourth-order valence-electron chi connectivity index (χ4n) is 2.17. The molecule has 0 fully saturated rings. The maximum atomic E-state index is 12.3. The Morgan fingerprint density at radius 1 is 1.30 bits per heavy atom. The molecule has 0 aliphatic heterocycles. The minimum atomic E-state index is -0.573. The summed E-state index contributed by atoms with van der Waals surface area (Å²) in [6, 6.07) is 3.99. The van der Waals surface area contributed by atoms with Gasteiger partial charge in [-0.3, -0.25) is 14.9 Å². The molecular weight excluding hydrogens is 280 g/mol. The molecule has 6 heteroatoms. The van der Waals surface area contributed by atoms with Gasteiger partial charge in [-0.05, 0) is 31.4 Å². The number of carbonyl (C=O) groups excluding carboxylic acids is 1. The van der Waals surface area contributed by atoms with Crippen LogP contribution in [0.3, 0.4) is 0 Å². The predicted octanol–water partition coefficient (Wildman–Crippen LogP) is 3.95. The molecule has 5 nitrogen and oxygen atoms in total. The normalized spacial score (nSPS) is 11.2. The predicted molar refractivity (Wildman–Crippen MR) is 79.2 cm³/mol. The van der Waals surface area contributed by atoms with E-state index in [1.165, 1.54) is 18.2 Å². The van der Waals surface area contributed by atoms with Crippen LogP contribution in [0.2, 0.25) is 5.02 Å². The van der Waals surface area contributed by atoms with Gasteiger partial charge in [0, 0.05) is 16.6 Å². The number of nitrogens with zero attached hydrogens (tertiary/aromatic N) is 1. The smallest absolute Gasteiger partial charge is 0.282 e. The molecule has 1 amide bonds. The summed E-state index contributed by atoms with van der Waals surface area (Å²) in [6.45, 7) is 5.96. The number of amides is 1. The second-order valence-electron chi connectivity index (χ2n) is 4.71. The van der Waals surface area contributed by atoms with Gasteiger partial charge in [-0.2, -0.15) is 0 Å². The zero-order valence-corrected chi connectivity index (χ0v) is 12.7. The second kappa shape index (κ2) is 6.70. The van der Waals surface area contributed by atoms with E-state index in [-0.39, 0.29) is 16.8 Å². The number of benzene rings is 1. The number of hydrogen-bond acceptors (Lipinski definition) is 3. The maximum Gasteiger partial charge on any atom is 0.282 e. The van der Waals surface area contributed by atoms with Crippen molar-refractivity contribution in [3.8, 4) is 0 Å². The van der Waals surface area contributed by atoms with Gasteiger partial charge >= 0.3 is 0 Å². The Labute approximate surface area is 123 Å². The topological polar surface area (TPSA) is 72.2 Å². The fourth-order valence-corrected chi connectivity index (χ4v) is 2.34. The molecule has 0 saturated carbocycles. The monoisotopic (exact) mass is 298 g/mol. The van der Waals surface area contributed by atoms with E-state index in [0.29, 0.717) is 5.02 Å². The first-order valence-corrected chi connectivity index (χ1v) is 7.03. The van der Waals surface area contributed by atoms with E-state index in [4.69, 9.17) is 11.6 Å². The van der Waals surface area contributed by atoms with E-state index in [2.05, 4.69) is 5.32 Å². The van der Waals surface area contributed by atoms with Gasteiger partial charge in [0.15, 0.2) is 0 Å². The van der Waals surface area contributed by atoms with Crippen LogP contribution in [0.5, 0.6) is 0 Å². The van der Waals surface area contributed by atoms with Crippen molar-refractivity contribution >= 4 is 23.2 Å². The Morgan fingerprint density at radius 2 is 1.85 bits per heavy atom. The van der Waals surface area contributed by atoms with Crippen molar-refractivity contribution in [3.63, 3.8) is 0 Å². The van der Waals surface area contributed by atoms with E-state index in [1.54, 1.807) is 0 Å². The summed E-state index contributed by atoms with van der Waals surface area (Å²) >= 11 is 5.84. The summed E-state index contributed by atoms with van der Waals surface area (Å²) in [5.41, 5.74) is -0.570. The van der Waals surface area contributed by atoms with Crippen LogP contribution in [0, 0.1) is 10.1 Å². The SMILES string of the molecule is CCC(CC)(CC)NC(=O)c1cc(Cl)ccc1[N+](=O)[O-]. The third kappa shape index (κ3) is 3.48. The molecule has 1 aromatic rings. The van der Waals surface area contributed by atoms with Crippen LogP contribution in [0.4, 0.5) is 5.69 Å². The lowest BCUT2D eigenvalue weighted by Crippen LogP contribution is -2.47. The van der Waals surface area contributed by atoms with E-state index in [1.807, 2.05) is 20.8 Å². The largest absolute Gasteiger partial charge is 0.346 e. The molecule has 1 N–H and O–H groups in total. The third-order valence-electron chi connectivity index (χ3n) is 3.81. The first-order valence-electron chi connectivity index (χ1n) is 6.65. The highest BCUT2D eigenvalue weighted by Gasteiger charge is 2.29. The Kier molecular flexibility index (Phi) is 5.51. The highest BCUT2D eigenvalue weighted by Crippen LogP contribution is 2.25.